The largest absolute Gasteiger partial charge is 0.477 e. The normalized spacial score (nSPS) is 19.2. The number of aliphatic carboxylic acids is 1. The van der Waals surface area contributed by atoms with Gasteiger partial charge in [-0.05, 0) is 104 Å². The minimum absolute atomic E-state index is 0.0805. The van der Waals surface area contributed by atoms with Crippen LogP contribution in [0.1, 0.15) is 49.5 Å². The van der Waals surface area contributed by atoms with Crippen molar-refractivity contribution in [3.8, 4) is 10.4 Å². The van der Waals surface area contributed by atoms with E-state index in [0.717, 1.165) is 49.1 Å². The highest BCUT2D eigenvalue weighted by atomic mass is 32.1. The molecule has 1 unspecified atom stereocenters. The minimum atomic E-state index is -1.42. The van der Waals surface area contributed by atoms with Crippen LogP contribution in [0.25, 0.3) is 16.0 Å². The Bertz CT molecular complexity index is 1710. The Kier molecular flexibility index (Phi) is 8.25. The van der Waals surface area contributed by atoms with Crippen molar-refractivity contribution < 1.29 is 14.7 Å². The average Bonchev–Trinajstić information content (AvgIpc) is 3.52. The van der Waals surface area contributed by atoms with Crippen LogP contribution in [0.2, 0.25) is 0 Å². The van der Waals surface area contributed by atoms with Crippen molar-refractivity contribution in [2.45, 2.75) is 51.5 Å². The number of amides is 1. The summed E-state index contributed by atoms with van der Waals surface area (Å²) in [6.07, 6.45) is 14.2. The first-order valence-corrected chi connectivity index (χ1v) is 15.7. The van der Waals surface area contributed by atoms with E-state index in [1.54, 1.807) is 35.6 Å². The smallest absolute Gasteiger partial charge is 0.354 e. The lowest BCUT2D eigenvalue weighted by Gasteiger charge is -2.37. The summed E-state index contributed by atoms with van der Waals surface area (Å²) in [7, 11) is 0. The second-order valence-electron chi connectivity index (χ2n) is 11.3. The lowest BCUT2D eigenvalue weighted by atomic mass is 9.89. The molecule has 3 aliphatic rings. The van der Waals surface area contributed by atoms with Gasteiger partial charge in [0.25, 0.3) is 5.91 Å². The second kappa shape index (κ2) is 12.4. The maximum Gasteiger partial charge on any atom is 0.354 e. The van der Waals surface area contributed by atoms with E-state index in [1.165, 1.54) is 27.3 Å². The third-order valence-electron chi connectivity index (χ3n) is 8.39. The van der Waals surface area contributed by atoms with Gasteiger partial charge in [0.2, 0.25) is 0 Å². The molecule has 2 heterocycles. The van der Waals surface area contributed by atoms with Crippen molar-refractivity contribution in [2.75, 3.05) is 16.8 Å². The molecule has 1 aromatic heterocycles. The maximum absolute atomic E-state index is 13.2. The molecule has 2 aliphatic carbocycles. The molecule has 1 atom stereocenters. The van der Waals surface area contributed by atoms with Gasteiger partial charge in [-0.3, -0.25) is 10.2 Å². The number of anilines is 2. The fraction of sp³-hybridized carbons (Fsp3) is 0.250. The van der Waals surface area contributed by atoms with Gasteiger partial charge in [-0.2, -0.15) is 0 Å². The molecule has 218 valence electrons. The molecule has 2 aromatic carbocycles. The summed E-state index contributed by atoms with van der Waals surface area (Å²) < 4.78 is 0. The predicted octanol–water partition coefficient (Wildman–Crippen LogP) is 8.05. The Morgan fingerprint density at radius 2 is 1.81 bits per heavy atom. The fourth-order valence-electron chi connectivity index (χ4n) is 6.19. The quantitative estimate of drug-likeness (QED) is 0.192. The number of nitrogens with zero attached hydrogens (tertiary/aromatic N) is 1. The summed E-state index contributed by atoms with van der Waals surface area (Å²) in [4.78, 5) is 29.9. The third-order valence-corrected chi connectivity index (χ3v) is 9.60. The summed E-state index contributed by atoms with van der Waals surface area (Å²) in [6, 6.07) is 20.4. The first-order valence-electron chi connectivity index (χ1n) is 14.8. The number of carboxylic acid groups (broad SMARTS) is 1. The molecule has 3 N–H and O–H groups in total. The van der Waals surface area contributed by atoms with Crippen LogP contribution in [0.15, 0.2) is 102 Å². The van der Waals surface area contributed by atoms with E-state index < -0.39 is 17.6 Å². The molecule has 0 saturated heterocycles. The highest BCUT2D eigenvalue weighted by Crippen LogP contribution is 2.40. The van der Waals surface area contributed by atoms with Crippen LogP contribution in [0, 0.1) is 5.41 Å². The highest BCUT2D eigenvalue weighted by Gasteiger charge is 2.27. The molecule has 1 aliphatic heterocycles. The number of thiophene rings is 1. The second-order valence-corrected chi connectivity index (χ2v) is 12.4. The van der Waals surface area contributed by atoms with Gasteiger partial charge < -0.3 is 15.3 Å². The third kappa shape index (κ3) is 6.18. The Morgan fingerprint density at radius 1 is 1.00 bits per heavy atom. The summed E-state index contributed by atoms with van der Waals surface area (Å²) in [5.74, 6) is -1.99. The number of fused-ring (bicyclic) bond motifs is 1. The van der Waals surface area contributed by atoms with Gasteiger partial charge in [0.1, 0.15) is 0 Å². The van der Waals surface area contributed by atoms with Crippen LogP contribution in [0.5, 0.6) is 0 Å². The van der Waals surface area contributed by atoms with Gasteiger partial charge >= 0.3 is 5.97 Å². The Hall–Kier alpha value is -4.49. The lowest BCUT2D eigenvalue weighted by molar-refractivity contribution is -0.129. The molecular formula is C36H35N3O3S. The van der Waals surface area contributed by atoms with Crippen LogP contribution in [-0.4, -0.2) is 35.3 Å². The molecule has 0 spiro atoms. The molecule has 6 nitrogen and oxygen atoms in total. The van der Waals surface area contributed by atoms with E-state index in [0.29, 0.717) is 23.7 Å². The van der Waals surface area contributed by atoms with Crippen molar-refractivity contribution in [1.29, 1.82) is 5.41 Å². The SMILES string of the molecule is CC1=CCC(N2CCCc3cc(-c4ccc(C5=C/C(=C(/C(=N)C(=O)O)C(=O)Nc6ccccc6)CCC5)s4)ccc32)C=C1. The number of carbonyl (C=O) groups is 2. The first-order chi connectivity index (χ1) is 20.9. The summed E-state index contributed by atoms with van der Waals surface area (Å²) >= 11 is 1.72. The van der Waals surface area contributed by atoms with Crippen LogP contribution >= 0.6 is 11.3 Å². The summed E-state index contributed by atoms with van der Waals surface area (Å²) in [5, 5.41) is 20.6. The number of hydrogen-bond donors (Lipinski definition) is 3. The van der Waals surface area contributed by atoms with E-state index in [2.05, 4.69) is 65.7 Å². The van der Waals surface area contributed by atoms with E-state index in [-0.39, 0.29) is 5.57 Å². The number of nitrogens with one attached hydrogen (secondary N) is 2. The van der Waals surface area contributed by atoms with Crippen LogP contribution in [0.3, 0.4) is 0 Å². The zero-order chi connectivity index (χ0) is 29.9. The van der Waals surface area contributed by atoms with Crippen molar-refractivity contribution in [1.82, 2.24) is 0 Å². The van der Waals surface area contributed by atoms with E-state index in [1.807, 2.05) is 12.1 Å². The average molecular weight is 590 g/mol. The molecule has 0 fully saturated rings. The highest BCUT2D eigenvalue weighted by molar-refractivity contribution is 7.16. The lowest BCUT2D eigenvalue weighted by Crippen LogP contribution is -2.38. The van der Waals surface area contributed by atoms with E-state index >= 15 is 0 Å². The number of aryl methyl sites for hydroxylation is 1. The van der Waals surface area contributed by atoms with E-state index in [4.69, 9.17) is 5.41 Å². The van der Waals surface area contributed by atoms with Gasteiger partial charge in [-0.1, -0.05) is 54.1 Å². The fourth-order valence-corrected chi connectivity index (χ4v) is 7.24. The standard InChI is InChI=1S/C36H35N3O3S/c1-23-12-15-29(16-13-23)39-20-6-9-24-21-26(14-17-30(24)39)32-19-18-31(43-32)25-7-5-8-27(22-25)33(34(37)36(41)42)35(40)38-28-10-3-2-4-11-28/h2-4,10-15,17-19,21-22,29,37H,5-9,16,20H2,1H3,(H,38,40)(H,41,42)/b33-27-,37-34?. The van der Waals surface area contributed by atoms with Crippen molar-refractivity contribution in [3.05, 3.63) is 112 Å². The Labute approximate surface area is 256 Å². The van der Waals surface area contributed by atoms with Crippen LogP contribution in [-0.2, 0) is 16.0 Å². The number of allylic oxidation sites excluding steroid dienone is 5. The number of benzene rings is 2. The monoisotopic (exact) mass is 589 g/mol. The van der Waals surface area contributed by atoms with Crippen molar-refractivity contribution in [2.24, 2.45) is 0 Å². The number of hydrogen-bond acceptors (Lipinski definition) is 5. The molecule has 6 rings (SSSR count). The van der Waals surface area contributed by atoms with Crippen molar-refractivity contribution >= 4 is 45.9 Å². The van der Waals surface area contributed by atoms with Gasteiger partial charge in [-0.25, -0.2) is 4.79 Å². The zero-order valence-corrected chi connectivity index (χ0v) is 25.0. The molecule has 0 saturated carbocycles. The van der Waals surface area contributed by atoms with Crippen LogP contribution in [0.4, 0.5) is 11.4 Å². The van der Waals surface area contributed by atoms with Crippen molar-refractivity contribution in [3.63, 3.8) is 0 Å². The van der Waals surface area contributed by atoms with Gasteiger partial charge in [-0.15, -0.1) is 11.3 Å². The number of carboxylic acids is 1. The maximum atomic E-state index is 13.2. The van der Waals surface area contributed by atoms with Gasteiger partial charge in [0.15, 0.2) is 5.71 Å². The predicted molar refractivity (Wildman–Crippen MR) is 176 cm³/mol. The molecule has 7 heteroatoms. The number of rotatable bonds is 7. The summed E-state index contributed by atoms with van der Waals surface area (Å²) in [5.41, 5.74) is 6.71. The first kappa shape index (κ1) is 28.6. The molecular weight excluding hydrogens is 554 g/mol. The van der Waals surface area contributed by atoms with E-state index in [9.17, 15) is 14.7 Å². The van der Waals surface area contributed by atoms with Crippen LogP contribution < -0.4 is 10.2 Å². The minimum Gasteiger partial charge on any atom is -0.477 e. The summed E-state index contributed by atoms with van der Waals surface area (Å²) in [6.45, 7) is 3.23. The molecule has 43 heavy (non-hydrogen) atoms. The van der Waals surface area contributed by atoms with Gasteiger partial charge in [0, 0.05) is 27.7 Å². The molecule has 3 aromatic rings. The number of para-hydroxylation sites is 1. The molecule has 0 bridgehead atoms. The molecule has 0 radical (unpaired) electrons. The Morgan fingerprint density at radius 3 is 2.58 bits per heavy atom. The zero-order valence-electron chi connectivity index (χ0n) is 24.2. The number of carbonyl (C=O) groups excluding carboxylic acids is 1. The Balaban J connectivity index is 1.27. The van der Waals surface area contributed by atoms with Gasteiger partial charge in [0.05, 0.1) is 11.6 Å². The topological polar surface area (TPSA) is 93.5 Å². The molecule has 1 amide bonds.